The van der Waals surface area contributed by atoms with E-state index in [9.17, 15) is 13.2 Å². The molecule has 0 atom stereocenters. The van der Waals surface area contributed by atoms with Crippen molar-refractivity contribution in [1.82, 2.24) is 9.37 Å². The molecule has 1 aliphatic heterocycles. The van der Waals surface area contributed by atoms with Crippen molar-refractivity contribution >= 4 is 21.6 Å². The number of hydrogen-bond acceptors (Lipinski definition) is 6. The van der Waals surface area contributed by atoms with Gasteiger partial charge in [0.25, 0.3) is 15.9 Å². The molecule has 0 bridgehead atoms. The van der Waals surface area contributed by atoms with Gasteiger partial charge in [-0.2, -0.15) is 0 Å². The predicted molar refractivity (Wildman–Crippen MR) is 114 cm³/mol. The van der Waals surface area contributed by atoms with Crippen LogP contribution in [-0.4, -0.2) is 71.1 Å². The van der Waals surface area contributed by atoms with Crippen LogP contribution in [0.1, 0.15) is 16.8 Å². The molecule has 1 fully saturated rings. The summed E-state index contributed by atoms with van der Waals surface area (Å²) in [6.07, 6.45) is 0.822. The minimum atomic E-state index is -3.81. The lowest BCUT2D eigenvalue weighted by Crippen LogP contribution is -2.35. The van der Waals surface area contributed by atoms with Crippen LogP contribution >= 0.6 is 0 Å². The van der Waals surface area contributed by atoms with E-state index in [1.807, 2.05) is 24.3 Å². The van der Waals surface area contributed by atoms with Crippen LogP contribution in [-0.2, 0) is 14.9 Å². The van der Waals surface area contributed by atoms with E-state index in [0.717, 1.165) is 28.9 Å². The van der Waals surface area contributed by atoms with Crippen molar-refractivity contribution in [3.8, 4) is 5.75 Å². The van der Waals surface area contributed by atoms with Gasteiger partial charge in [0, 0.05) is 44.5 Å². The highest BCUT2D eigenvalue weighted by molar-refractivity contribution is 7.89. The highest BCUT2D eigenvalue weighted by Crippen LogP contribution is 2.22. The Morgan fingerprint density at radius 3 is 2.40 bits per heavy atom. The molecule has 1 amide bonds. The van der Waals surface area contributed by atoms with Gasteiger partial charge in [0.2, 0.25) is 0 Å². The average Bonchev–Trinajstić information content (AvgIpc) is 3.04. The molecule has 1 heterocycles. The van der Waals surface area contributed by atoms with Gasteiger partial charge in [0.05, 0.1) is 19.1 Å². The zero-order valence-corrected chi connectivity index (χ0v) is 18.3. The number of benzene rings is 2. The fourth-order valence-corrected chi connectivity index (χ4v) is 4.41. The van der Waals surface area contributed by atoms with E-state index < -0.39 is 10.0 Å². The Bertz CT molecular complexity index is 978. The Hall–Kier alpha value is -2.62. The minimum absolute atomic E-state index is 0.0207. The molecule has 2 aromatic rings. The van der Waals surface area contributed by atoms with Gasteiger partial charge in [-0.3, -0.25) is 9.63 Å². The number of carbonyl (C=O) groups excluding carboxylic acids is 1. The Morgan fingerprint density at radius 1 is 1.00 bits per heavy atom. The van der Waals surface area contributed by atoms with Crippen LogP contribution in [0.3, 0.4) is 0 Å². The van der Waals surface area contributed by atoms with Crippen molar-refractivity contribution in [1.29, 1.82) is 0 Å². The third-order valence-corrected chi connectivity index (χ3v) is 6.87. The lowest BCUT2D eigenvalue weighted by molar-refractivity contribution is -0.0258. The number of methoxy groups -OCH3 is 1. The average molecular weight is 434 g/mol. The maximum absolute atomic E-state index is 13.0. The summed E-state index contributed by atoms with van der Waals surface area (Å²) in [7, 11) is 0.413. The zero-order chi connectivity index (χ0) is 21.7. The molecule has 0 aliphatic carbocycles. The summed E-state index contributed by atoms with van der Waals surface area (Å²) in [6.45, 7) is 2.70. The number of ether oxygens (including phenoxy) is 1. The highest BCUT2D eigenvalue weighted by atomic mass is 32.2. The summed E-state index contributed by atoms with van der Waals surface area (Å²) in [5, 5.41) is 0. The summed E-state index contributed by atoms with van der Waals surface area (Å²) < 4.78 is 30.9. The van der Waals surface area contributed by atoms with Crippen molar-refractivity contribution in [2.24, 2.45) is 0 Å². The maximum atomic E-state index is 13.0. The van der Waals surface area contributed by atoms with Crippen LogP contribution in [0.15, 0.2) is 53.4 Å². The summed E-state index contributed by atoms with van der Waals surface area (Å²) >= 11 is 0. The van der Waals surface area contributed by atoms with E-state index in [-0.39, 0.29) is 10.8 Å². The van der Waals surface area contributed by atoms with Gasteiger partial charge >= 0.3 is 0 Å². The van der Waals surface area contributed by atoms with E-state index in [1.54, 1.807) is 24.1 Å². The fraction of sp³-hybridized carbons (Fsp3) is 0.381. The number of hydrogen-bond donors (Lipinski definition) is 0. The third kappa shape index (κ3) is 4.75. The molecule has 30 heavy (non-hydrogen) atoms. The van der Waals surface area contributed by atoms with Crippen LogP contribution in [0.5, 0.6) is 5.75 Å². The van der Waals surface area contributed by atoms with Gasteiger partial charge in [0.1, 0.15) is 5.75 Å². The summed E-state index contributed by atoms with van der Waals surface area (Å²) in [5.41, 5.74) is 1.43. The van der Waals surface area contributed by atoms with Crippen LogP contribution in [0.25, 0.3) is 0 Å². The van der Waals surface area contributed by atoms with Gasteiger partial charge in [0.15, 0.2) is 0 Å². The number of nitrogens with zero attached hydrogens (tertiary/aromatic N) is 3. The normalized spacial score (nSPS) is 15.2. The second kappa shape index (κ2) is 9.46. The van der Waals surface area contributed by atoms with E-state index in [0.29, 0.717) is 25.2 Å². The standard InChI is InChI=1S/C21H27N3O5S/c1-22(29-3)30(26,27)20-7-4-6-17(16-20)21(25)24-13-5-12-23(14-15-24)18-8-10-19(28-2)11-9-18/h4,6-11,16H,5,12-15H2,1-3H3. The Labute approximate surface area is 177 Å². The molecule has 0 unspecified atom stereocenters. The topological polar surface area (TPSA) is 79.4 Å². The van der Waals surface area contributed by atoms with Gasteiger partial charge in [-0.25, -0.2) is 8.42 Å². The SMILES string of the molecule is COc1ccc(N2CCCN(C(=O)c3cccc(S(=O)(=O)N(C)OC)c3)CC2)cc1. The number of amides is 1. The van der Waals surface area contributed by atoms with Gasteiger partial charge < -0.3 is 14.5 Å². The number of carbonyl (C=O) groups is 1. The third-order valence-electron chi connectivity index (χ3n) is 5.20. The highest BCUT2D eigenvalue weighted by Gasteiger charge is 2.24. The lowest BCUT2D eigenvalue weighted by Gasteiger charge is -2.24. The number of rotatable bonds is 6. The van der Waals surface area contributed by atoms with Crippen LogP contribution in [0.2, 0.25) is 0 Å². The lowest BCUT2D eigenvalue weighted by atomic mass is 10.2. The molecule has 162 valence electrons. The largest absolute Gasteiger partial charge is 0.497 e. The molecule has 3 rings (SSSR count). The number of sulfonamides is 1. The van der Waals surface area contributed by atoms with Crippen molar-refractivity contribution < 1.29 is 22.8 Å². The van der Waals surface area contributed by atoms with Gasteiger partial charge in [-0.1, -0.05) is 10.5 Å². The molecule has 0 spiro atoms. The Morgan fingerprint density at radius 2 is 1.73 bits per heavy atom. The van der Waals surface area contributed by atoms with Gasteiger partial charge in [-0.15, -0.1) is 0 Å². The molecule has 8 nitrogen and oxygen atoms in total. The number of anilines is 1. The summed E-state index contributed by atoms with van der Waals surface area (Å²) in [4.78, 5) is 21.9. The van der Waals surface area contributed by atoms with Crippen LogP contribution in [0.4, 0.5) is 5.69 Å². The quantitative estimate of drug-likeness (QED) is 0.650. The maximum Gasteiger partial charge on any atom is 0.264 e. The Kier molecular flexibility index (Phi) is 6.96. The van der Waals surface area contributed by atoms with Crippen LogP contribution in [0, 0.1) is 0 Å². The molecule has 1 saturated heterocycles. The van der Waals surface area contributed by atoms with Crippen LogP contribution < -0.4 is 9.64 Å². The van der Waals surface area contributed by atoms with Crippen molar-refractivity contribution in [3.63, 3.8) is 0 Å². The van der Waals surface area contributed by atoms with Crippen molar-refractivity contribution in [3.05, 3.63) is 54.1 Å². The van der Waals surface area contributed by atoms with E-state index in [1.165, 1.54) is 26.3 Å². The second-order valence-electron chi connectivity index (χ2n) is 6.96. The first kappa shape index (κ1) is 22.1. The second-order valence-corrected chi connectivity index (χ2v) is 8.89. The zero-order valence-electron chi connectivity index (χ0n) is 17.4. The molecule has 9 heteroatoms. The minimum Gasteiger partial charge on any atom is -0.497 e. The first-order valence-electron chi connectivity index (χ1n) is 9.68. The first-order valence-corrected chi connectivity index (χ1v) is 11.1. The molecule has 0 N–H and O–H groups in total. The van der Waals surface area contributed by atoms with Crippen molar-refractivity contribution in [2.45, 2.75) is 11.3 Å². The molecule has 0 radical (unpaired) electrons. The monoisotopic (exact) mass is 433 g/mol. The van der Waals surface area contributed by atoms with Gasteiger partial charge in [-0.05, 0) is 48.9 Å². The van der Waals surface area contributed by atoms with E-state index in [2.05, 4.69) is 4.90 Å². The molecular formula is C21H27N3O5S. The first-order chi connectivity index (χ1) is 14.4. The summed E-state index contributed by atoms with van der Waals surface area (Å²) in [5.74, 6) is 0.628. The predicted octanol–water partition coefficient (Wildman–Crippen LogP) is 2.23. The number of hydroxylamine groups is 1. The fourth-order valence-electron chi connectivity index (χ4n) is 3.39. The van der Waals surface area contributed by atoms with E-state index in [4.69, 9.17) is 9.57 Å². The Balaban J connectivity index is 1.72. The van der Waals surface area contributed by atoms with E-state index >= 15 is 0 Å². The molecule has 2 aromatic carbocycles. The molecular weight excluding hydrogens is 406 g/mol. The smallest absolute Gasteiger partial charge is 0.264 e. The molecule has 1 aliphatic rings. The molecule has 0 aromatic heterocycles. The summed E-state index contributed by atoms with van der Waals surface area (Å²) in [6, 6.07) is 13.9. The van der Waals surface area contributed by atoms with Crippen molar-refractivity contribution in [2.75, 3.05) is 52.3 Å². The molecule has 0 saturated carbocycles.